The lowest BCUT2D eigenvalue weighted by atomic mass is 9.99. The molecule has 0 radical (unpaired) electrons. The molecule has 2 unspecified atom stereocenters. The number of halogens is 1. The van der Waals surface area contributed by atoms with Crippen molar-refractivity contribution < 1.29 is 30.5 Å². The van der Waals surface area contributed by atoms with Gasteiger partial charge in [-0.1, -0.05) is 103 Å². The molecule has 4 nitrogen and oxygen atoms in total. The first-order chi connectivity index (χ1) is 18.9. The van der Waals surface area contributed by atoms with Crippen LogP contribution in [0.1, 0.15) is 136 Å². The van der Waals surface area contributed by atoms with Crippen molar-refractivity contribution in [2.24, 2.45) is 0 Å². The van der Waals surface area contributed by atoms with Gasteiger partial charge in [0.2, 0.25) is 0 Å². The van der Waals surface area contributed by atoms with Crippen LogP contribution in [0.15, 0.2) is 12.2 Å². The number of nitrogens with zero attached hydrogens (tertiary/aromatic N) is 1. The summed E-state index contributed by atoms with van der Waals surface area (Å²) in [5, 5.41) is 0. The van der Waals surface area contributed by atoms with Gasteiger partial charge in [0.1, 0.15) is 0 Å². The Balaban J connectivity index is 0. The molecule has 7 heteroatoms. The highest BCUT2D eigenvalue weighted by Crippen LogP contribution is 2.22. The Bertz CT molecular complexity index is 640. The Morgan fingerprint density at radius 1 is 0.780 bits per heavy atom. The maximum Gasteiger partial charge on any atom is 0.333 e. The largest absolute Gasteiger partial charge is 1.00 e. The number of esters is 1. The van der Waals surface area contributed by atoms with Gasteiger partial charge < -0.3 is 25.7 Å². The van der Waals surface area contributed by atoms with Crippen LogP contribution in [0.4, 0.5) is 0 Å². The van der Waals surface area contributed by atoms with E-state index in [-0.39, 0.29) is 18.4 Å². The SMILES string of the molecule is C=C(C)C(=O)OCCCC(CCCCCCCCCCCCCCCCC)[N+](C)(C)CCC[SiH](C)O[Si](C)(C)C.[Cl-]. The zero-order chi connectivity index (χ0) is 30.3. The lowest BCUT2D eigenvalue weighted by molar-refractivity contribution is -0.915. The zero-order valence-electron chi connectivity index (χ0n) is 29.0. The van der Waals surface area contributed by atoms with Crippen molar-refractivity contribution in [2.45, 2.75) is 174 Å². The van der Waals surface area contributed by atoms with E-state index >= 15 is 0 Å². The number of unbranched alkanes of at least 4 members (excludes halogenated alkanes) is 14. The Kier molecular flexibility index (Phi) is 27.5. The summed E-state index contributed by atoms with van der Waals surface area (Å²) in [6, 6.07) is 1.90. The van der Waals surface area contributed by atoms with Crippen LogP contribution in [0, 0.1) is 0 Å². The van der Waals surface area contributed by atoms with Crippen molar-refractivity contribution in [2.75, 3.05) is 27.2 Å². The molecule has 0 aliphatic rings. The van der Waals surface area contributed by atoms with Crippen LogP contribution in [-0.4, -0.2) is 61.1 Å². The fourth-order valence-electron chi connectivity index (χ4n) is 5.83. The number of quaternary nitrogens is 1. The highest BCUT2D eigenvalue weighted by atomic mass is 35.5. The minimum Gasteiger partial charge on any atom is -1.00 e. The molecule has 0 aromatic rings. The zero-order valence-corrected chi connectivity index (χ0v) is 31.9. The average molecular weight is 635 g/mol. The lowest BCUT2D eigenvalue weighted by Gasteiger charge is -2.39. The van der Waals surface area contributed by atoms with Gasteiger partial charge in [-0.2, -0.15) is 0 Å². The summed E-state index contributed by atoms with van der Waals surface area (Å²) >= 11 is 0. The van der Waals surface area contributed by atoms with E-state index in [1.54, 1.807) is 6.92 Å². The van der Waals surface area contributed by atoms with Crippen LogP contribution in [0.25, 0.3) is 0 Å². The van der Waals surface area contributed by atoms with Gasteiger partial charge in [0.25, 0.3) is 0 Å². The highest BCUT2D eigenvalue weighted by molar-refractivity contribution is 6.77. The molecule has 0 amide bonds. The van der Waals surface area contributed by atoms with Gasteiger partial charge in [0, 0.05) is 12.0 Å². The van der Waals surface area contributed by atoms with Crippen molar-refractivity contribution in [3.05, 3.63) is 12.2 Å². The molecule has 0 aromatic heterocycles. The van der Waals surface area contributed by atoms with Crippen LogP contribution < -0.4 is 12.4 Å². The van der Waals surface area contributed by atoms with Gasteiger partial charge in [0.05, 0.1) is 33.3 Å². The van der Waals surface area contributed by atoms with E-state index in [9.17, 15) is 4.79 Å². The third kappa shape index (κ3) is 27.2. The Morgan fingerprint density at radius 3 is 1.66 bits per heavy atom. The summed E-state index contributed by atoms with van der Waals surface area (Å²) in [6.45, 7) is 18.7. The molecule has 0 saturated carbocycles. The normalized spacial score (nSPS) is 13.5. The Morgan fingerprint density at radius 2 is 1.22 bits per heavy atom. The maximum absolute atomic E-state index is 11.8. The summed E-state index contributed by atoms with van der Waals surface area (Å²) in [4.78, 5) is 11.8. The first kappa shape index (κ1) is 43.0. The van der Waals surface area contributed by atoms with Gasteiger partial charge in [-0.25, -0.2) is 4.79 Å². The molecule has 0 aliphatic heterocycles. The number of hydrogen-bond acceptors (Lipinski definition) is 3. The van der Waals surface area contributed by atoms with Crippen LogP contribution >= 0.6 is 0 Å². The molecule has 0 spiro atoms. The van der Waals surface area contributed by atoms with Crippen molar-refractivity contribution >= 4 is 23.3 Å². The lowest BCUT2D eigenvalue weighted by Crippen LogP contribution is -3.00. The summed E-state index contributed by atoms with van der Waals surface area (Å²) in [7, 11) is 2.35. The standard InChI is InChI=1S/C34H72NO3Si2.ClH/c1-10-11-12-13-14-15-16-17-18-19-20-21-22-23-24-27-33(28-25-30-37-34(36)32(2)3)35(4,5)29-26-31-39(6)38-40(7,8)9;/h33,39H,2,10-31H2,1,3-9H3;1H/q+1;/p-1. The maximum atomic E-state index is 11.8. The summed E-state index contributed by atoms with van der Waals surface area (Å²) in [5.74, 6) is -0.256. The Labute approximate surface area is 266 Å². The minimum atomic E-state index is -1.42. The third-order valence-corrected chi connectivity index (χ3v) is 14.0. The van der Waals surface area contributed by atoms with E-state index in [0.29, 0.717) is 18.2 Å². The molecule has 0 aromatic carbocycles. The van der Waals surface area contributed by atoms with Gasteiger partial charge in [-0.05, 0) is 64.8 Å². The van der Waals surface area contributed by atoms with Gasteiger partial charge in [-0.3, -0.25) is 0 Å². The quantitative estimate of drug-likeness (QED) is 0.0301. The third-order valence-electron chi connectivity index (χ3n) is 8.29. The smallest absolute Gasteiger partial charge is 0.333 e. The van der Waals surface area contributed by atoms with E-state index in [1.165, 1.54) is 122 Å². The van der Waals surface area contributed by atoms with Crippen molar-refractivity contribution in [1.82, 2.24) is 0 Å². The minimum absolute atomic E-state index is 0. The monoisotopic (exact) mass is 633 g/mol. The molecule has 0 N–H and O–H groups in total. The van der Waals surface area contributed by atoms with Crippen LogP contribution in [0.5, 0.6) is 0 Å². The first-order valence-corrected chi connectivity index (χ1v) is 23.1. The Hall–Kier alpha value is -0.146. The van der Waals surface area contributed by atoms with Gasteiger partial charge >= 0.3 is 5.97 Å². The predicted octanol–water partition coefficient (Wildman–Crippen LogP) is 7.19. The fraction of sp³-hybridized carbons (Fsp3) is 0.912. The van der Waals surface area contributed by atoms with E-state index in [1.807, 2.05) is 0 Å². The van der Waals surface area contributed by atoms with E-state index in [2.05, 4.69) is 53.8 Å². The molecule has 0 heterocycles. The van der Waals surface area contributed by atoms with Crippen LogP contribution in [0.3, 0.4) is 0 Å². The number of hydrogen-bond donors (Lipinski definition) is 0. The molecular weight excluding hydrogens is 562 g/mol. The molecule has 246 valence electrons. The average Bonchev–Trinajstić information content (AvgIpc) is 2.85. The molecule has 0 bridgehead atoms. The second-order valence-electron chi connectivity index (χ2n) is 14.1. The number of rotatable bonds is 28. The van der Waals surface area contributed by atoms with E-state index < -0.39 is 17.4 Å². The highest BCUT2D eigenvalue weighted by Gasteiger charge is 2.28. The molecule has 0 saturated heterocycles. The van der Waals surface area contributed by atoms with Gasteiger partial charge in [-0.15, -0.1) is 0 Å². The molecule has 41 heavy (non-hydrogen) atoms. The second-order valence-corrected chi connectivity index (χ2v) is 21.5. The summed E-state index contributed by atoms with van der Waals surface area (Å²) in [5.41, 5.74) is 0.490. The second kappa shape index (κ2) is 26.3. The molecule has 0 aliphatic carbocycles. The van der Waals surface area contributed by atoms with Crippen molar-refractivity contribution in [3.63, 3.8) is 0 Å². The molecule has 0 fully saturated rings. The number of carbonyl (C=O) groups is 1. The van der Waals surface area contributed by atoms with Crippen LogP contribution in [0.2, 0.25) is 32.2 Å². The summed E-state index contributed by atoms with van der Waals surface area (Å²) in [6.07, 6.45) is 25.7. The van der Waals surface area contributed by atoms with Gasteiger partial charge in [0.15, 0.2) is 17.4 Å². The number of carbonyl (C=O) groups excluding carboxylic acids is 1. The van der Waals surface area contributed by atoms with Crippen molar-refractivity contribution in [1.29, 1.82) is 0 Å². The van der Waals surface area contributed by atoms with E-state index in [4.69, 9.17) is 8.85 Å². The molecule has 0 rings (SSSR count). The molecular formula is C34H72ClNO3Si2. The summed E-state index contributed by atoms with van der Waals surface area (Å²) < 4.78 is 12.9. The van der Waals surface area contributed by atoms with Crippen molar-refractivity contribution in [3.8, 4) is 0 Å². The fourth-order valence-corrected chi connectivity index (χ4v) is 11.9. The van der Waals surface area contributed by atoms with Crippen LogP contribution in [-0.2, 0) is 13.6 Å². The van der Waals surface area contributed by atoms with E-state index in [0.717, 1.165) is 17.3 Å². The number of ether oxygens (including phenoxy) is 1. The molecule has 2 atom stereocenters. The first-order valence-electron chi connectivity index (χ1n) is 17.2. The predicted molar refractivity (Wildman–Crippen MR) is 182 cm³/mol. The topological polar surface area (TPSA) is 35.5 Å².